The highest BCUT2D eigenvalue weighted by molar-refractivity contribution is 5.80. The number of methoxy groups -OCH3 is 1. The van der Waals surface area contributed by atoms with Gasteiger partial charge in [-0.3, -0.25) is 0 Å². The fraction of sp³-hybridized carbons (Fsp3) is 0.261. The third-order valence-electron chi connectivity index (χ3n) is 5.42. The van der Waals surface area contributed by atoms with Crippen molar-refractivity contribution in [3.8, 4) is 45.4 Å². The molecule has 6 nitrogen and oxygen atoms in total. The molecule has 1 aromatic heterocycles. The van der Waals surface area contributed by atoms with Crippen molar-refractivity contribution < 1.29 is 19.3 Å². The first kappa shape index (κ1) is 17.7. The maximum Gasteiger partial charge on any atom is 0.231 e. The number of phenolic OH excluding ortho intramolecular Hbond substituents is 1. The van der Waals surface area contributed by atoms with Crippen LogP contribution in [0.15, 0.2) is 48.5 Å². The van der Waals surface area contributed by atoms with Crippen LogP contribution in [0.25, 0.3) is 22.4 Å². The van der Waals surface area contributed by atoms with E-state index >= 15 is 0 Å². The topological polar surface area (TPSA) is 64.0 Å². The highest BCUT2D eigenvalue weighted by Gasteiger charge is 2.21. The minimum atomic E-state index is 0.110. The van der Waals surface area contributed by atoms with Gasteiger partial charge in [0.25, 0.3) is 0 Å². The Bertz CT molecular complexity index is 1060. The number of aromatic nitrogens is 1. The van der Waals surface area contributed by atoms with Crippen molar-refractivity contribution in [3.63, 3.8) is 0 Å². The van der Waals surface area contributed by atoms with Gasteiger partial charge in [0.15, 0.2) is 23.0 Å². The molecule has 2 aliphatic rings. The normalized spacial score (nSPS) is 15.0. The average molecular weight is 390 g/mol. The highest BCUT2D eigenvalue weighted by atomic mass is 16.7. The van der Waals surface area contributed by atoms with Crippen LogP contribution in [0.5, 0.6) is 23.0 Å². The van der Waals surface area contributed by atoms with Crippen LogP contribution in [-0.2, 0) is 0 Å². The summed E-state index contributed by atoms with van der Waals surface area (Å²) >= 11 is 0. The third kappa shape index (κ3) is 3.20. The second-order valence-electron chi connectivity index (χ2n) is 7.22. The van der Waals surface area contributed by atoms with Gasteiger partial charge in [0, 0.05) is 24.2 Å². The smallest absolute Gasteiger partial charge is 0.231 e. The molecule has 2 aliphatic heterocycles. The van der Waals surface area contributed by atoms with Gasteiger partial charge < -0.3 is 24.2 Å². The summed E-state index contributed by atoms with van der Waals surface area (Å²) in [6.07, 6.45) is 2.35. The Kier molecular flexibility index (Phi) is 4.39. The number of hydrogen-bond acceptors (Lipinski definition) is 6. The molecule has 0 spiro atoms. The van der Waals surface area contributed by atoms with Crippen molar-refractivity contribution >= 4 is 5.82 Å². The molecule has 0 unspecified atom stereocenters. The summed E-state index contributed by atoms with van der Waals surface area (Å²) in [4.78, 5) is 7.24. The zero-order valence-corrected chi connectivity index (χ0v) is 16.2. The Balaban J connectivity index is 1.67. The van der Waals surface area contributed by atoms with Crippen LogP contribution in [0.4, 0.5) is 5.82 Å². The summed E-state index contributed by atoms with van der Waals surface area (Å²) < 4.78 is 16.6. The molecule has 0 saturated carbocycles. The lowest BCUT2D eigenvalue weighted by atomic mass is 10.0. The SMILES string of the molecule is COc1cc(-c2cc(-c3cccc4c3OCO4)cc(N3CCCC3)n2)ccc1O. The largest absolute Gasteiger partial charge is 0.504 e. The number of phenols is 1. The van der Waals surface area contributed by atoms with Crippen LogP contribution in [-0.4, -0.2) is 37.1 Å². The maximum atomic E-state index is 9.96. The van der Waals surface area contributed by atoms with Gasteiger partial charge in [0.1, 0.15) is 5.82 Å². The molecular formula is C23H22N2O4. The molecule has 0 bridgehead atoms. The number of para-hydroxylation sites is 1. The van der Waals surface area contributed by atoms with Crippen molar-refractivity contribution in [1.82, 2.24) is 4.98 Å². The number of nitrogens with zero attached hydrogens (tertiary/aromatic N) is 2. The Hall–Kier alpha value is -3.41. The zero-order valence-electron chi connectivity index (χ0n) is 16.2. The number of aromatic hydroxyl groups is 1. The molecule has 0 atom stereocenters. The Labute approximate surface area is 169 Å². The summed E-state index contributed by atoms with van der Waals surface area (Å²) in [7, 11) is 1.54. The minimum Gasteiger partial charge on any atom is -0.504 e. The highest BCUT2D eigenvalue weighted by Crippen LogP contribution is 2.43. The number of benzene rings is 2. The molecule has 5 rings (SSSR count). The molecule has 1 N–H and O–H groups in total. The van der Waals surface area contributed by atoms with Crippen LogP contribution in [0, 0.1) is 0 Å². The van der Waals surface area contributed by atoms with E-state index in [2.05, 4.69) is 11.0 Å². The molecule has 3 aromatic rings. The van der Waals surface area contributed by atoms with Gasteiger partial charge in [0.2, 0.25) is 6.79 Å². The molecule has 148 valence electrons. The number of pyridine rings is 1. The Morgan fingerprint density at radius 1 is 1.00 bits per heavy atom. The number of anilines is 1. The van der Waals surface area contributed by atoms with Gasteiger partial charge in [-0.1, -0.05) is 12.1 Å². The van der Waals surface area contributed by atoms with E-state index in [0.717, 1.165) is 52.8 Å². The molecule has 0 aliphatic carbocycles. The van der Waals surface area contributed by atoms with Gasteiger partial charge in [-0.2, -0.15) is 0 Å². The van der Waals surface area contributed by atoms with Gasteiger partial charge >= 0.3 is 0 Å². The summed E-state index contributed by atoms with van der Waals surface area (Å²) in [6.45, 7) is 2.24. The van der Waals surface area contributed by atoms with Crippen LogP contribution in [0.2, 0.25) is 0 Å². The van der Waals surface area contributed by atoms with Gasteiger partial charge in [-0.15, -0.1) is 0 Å². The number of hydrogen-bond donors (Lipinski definition) is 1. The predicted octanol–water partition coefficient (Wildman–Crippen LogP) is 4.46. The molecule has 2 aromatic carbocycles. The fourth-order valence-electron chi connectivity index (χ4n) is 3.92. The molecule has 0 radical (unpaired) electrons. The first-order valence-corrected chi connectivity index (χ1v) is 9.76. The van der Waals surface area contributed by atoms with Crippen molar-refractivity contribution in [2.75, 3.05) is 31.9 Å². The van der Waals surface area contributed by atoms with Crippen LogP contribution < -0.4 is 19.1 Å². The van der Waals surface area contributed by atoms with Crippen LogP contribution in [0.1, 0.15) is 12.8 Å². The molecule has 0 amide bonds. The van der Waals surface area contributed by atoms with Crippen molar-refractivity contribution in [1.29, 1.82) is 0 Å². The molecule has 3 heterocycles. The standard InChI is InChI=1S/C23H22N2O4/c1-27-21-12-15(7-8-19(21)26)18-11-16(13-22(24-18)25-9-2-3-10-25)17-5-4-6-20-23(17)29-14-28-20/h4-8,11-13,26H,2-3,9-10,14H2,1H3. The zero-order chi connectivity index (χ0) is 19.8. The molecule has 1 fully saturated rings. The average Bonchev–Trinajstić information content (AvgIpc) is 3.45. The van der Waals surface area contributed by atoms with Gasteiger partial charge in [-0.25, -0.2) is 4.98 Å². The first-order valence-electron chi connectivity index (χ1n) is 9.76. The van der Waals surface area contributed by atoms with E-state index < -0.39 is 0 Å². The van der Waals surface area contributed by atoms with E-state index in [1.165, 1.54) is 12.8 Å². The third-order valence-corrected chi connectivity index (χ3v) is 5.42. The lowest BCUT2D eigenvalue weighted by Gasteiger charge is -2.19. The number of fused-ring (bicyclic) bond motifs is 1. The number of rotatable bonds is 4. The minimum absolute atomic E-state index is 0.110. The lowest BCUT2D eigenvalue weighted by Crippen LogP contribution is -2.19. The lowest BCUT2D eigenvalue weighted by molar-refractivity contribution is 0.174. The van der Waals surface area contributed by atoms with Crippen molar-refractivity contribution in [2.24, 2.45) is 0 Å². The summed E-state index contributed by atoms with van der Waals surface area (Å²) in [5.41, 5.74) is 3.70. The van der Waals surface area contributed by atoms with E-state index in [1.54, 1.807) is 13.2 Å². The Morgan fingerprint density at radius 2 is 1.86 bits per heavy atom. The second kappa shape index (κ2) is 7.20. The van der Waals surface area contributed by atoms with Crippen molar-refractivity contribution in [3.05, 3.63) is 48.5 Å². The Morgan fingerprint density at radius 3 is 2.69 bits per heavy atom. The van der Waals surface area contributed by atoms with E-state index in [0.29, 0.717) is 5.75 Å². The molecular weight excluding hydrogens is 368 g/mol. The molecule has 1 saturated heterocycles. The maximum absolute atomic E-state index is 9.96. The van der Waals surface area contributed by atoms with E-state index in [-0.39, 0.29) is 12.5 Å². The second-order valence-corrected chi connectivity index (χ2v) is 7.22. The van der Waals surface area contributed by atoms with Crippen molar-refractivity contribution in [2.45, 2.75) is 12.8 Å². The van der Waals surface area contributed by atoms with E-state index in [1.807, 2.05) is 36.4 Å². The summed E-state index contributed by atoms with van der Waals surface area (Å²) in [5.74, 6) is 3.00. The van der Waals surface area contributed by atoms with Crippen LogP contribution in [0.3, 0.4) is 0 Å². The molecule has 6 heteroatoms. The fourth-order valence-corrected chi connectivity index (χ4v) is 3.92. The van der Waals surface area contributed by atoms with Crippen LogP contribution >= 0.6 is 0 Å². The molecule has 29 heavy (non-hydrogen) atoms. The summed E-state index contributed by atoms with van der Waals surface area (Å²) in [6, 6.07) is 15.4. The monoisotopic (exact) mass is 390 g/mol. The summed E-state index contributed by atoms with van der Waals surface area (Å²) in [5, 5.41) is 9.96. The van der Waals surface area contributed by atoms with E-state index in [4.69, 9.17) is 19.2 Å². The predicted molar refractivity (Wildman–Crippen MR) is 111 cm³/mol. The quantitative estimate of drug-likeness (QED) is 0.710. The van der Waals surface area contributed by atoms with E-state index in [9.17, 15) is 5.11 Å². The van der Waals surface area contributed by atoms with Gasteiger partial charge in [0.05, 0.1) is 12.8 Å². The number of ether oxygens (including phenoxy) is 3. The van der Waals surface area contributed by atoms with Gasteiger partial charge in [-0.05, 0) is 54.8 Å². The first-order chi connectivity index (χ1) is 14.2.